The average molecular weight is 326 g/mol. The van der Waals surface area contributed by atoms with Gasteiger partial charge < -0.3 is 4.90 Å². The van der Waals surface area contributed by atoms with Crippen LogP contribution in [0.25, 0.3) is 11.4 Å². The van der Waals surface area contributed by atoms with Gasteiger partial charge in [-0.05, 0) is 50.5 Å². The van der Waals surface area contributed by atoms with E-state index in [4.69, 9.17) is 9.97 Å². The Hall–Kier alpha value is -1.62. The Bertz CT molecular complexity index is 689. The van der Waals surface area contributed by atoms with Crippen LogP contribution in [0.5, 0.6) is 0 Å². The largest absolute Gasteiger partial charge is 0.353 e. The number of pyridine rings is 1. The lowest BCUT2D eigenvalue weighted by Gasteiger charge is -2.30. The zero-order valence-electron chi connectivity index (χ0n) is 13.5. The first-order chi connectivity index (χ1) is 11.3. The third-order valence-electron chi connectivity index (χ3n) is 4.81. The summed E-state index contributed by atoms with van der Waals surface area (Å²) in [5.74, 6) is 4.48. The van der Waals surface area contributed by atoms with Crippen LogP contribution in [0.4, 0.5) is 5.82 Å². The fraction of sp³-hybridized carbons (Fsp3) is 0.500. The maximum atomic E-state index is 5.01. The van der Waals surface area contributed by atoms with E-state index < -0.39 is 0 Å². The number of hydrogen-bond donors (Lipinski definition) is 0. The molecule has 1 aliphatic carbocycles. The molecule has 0 saturated carbocycles. The van der Waals surface area contributed by atoms with Crippen molar-refractivity contribution in [2.24, 2.45) is 0 Å². The fourth-order valence-corrected chi connectivity index (χ4v) is 4.53. The topological polar surface area (TPSA) is 41.9 Å². The van der Waals surface area contributed by atoms with Gasteiger partial charge in [0, 0.05) is 47.6 Å². The number of aromatic nitrogens is 3. The highest BCUT2D eigenvalue weighted by Gasteiger charge is 2.26. The van der Waals surface area contributed by atoms with Gasteiger partial charge in [-0.2, -0.15) is 11.8 Å². The minimum atomic E-state index is 0.551. The van der Waals surface area contributed by atoms with Crippen LogP contribution in [0.1, 0.15) is 31.0 Å². The highest BCUT2D eigenvalue weighted by molar-refractivity contribution is 7.99. The summed E-state index contributed by atoms with van der Waals surface area (Å²) in [4.78, 5) is 16.5. The summed E-state index contributed by atoms with van der Waals surface area (Å²) < 4.78 is 0. The molecular weight excluding hydrogens is 304 g/mol. The lowest BCUT2D eigenvalue weighted by Crippen LogP contribution is -2.35. The number of nitrogens with zero attached hydrogens (tertiary/aromatic N) is 4. The van der Waals surface area contributed by atoms with Gasteiger partial charge in [0.2, 0.25) is 0 Å². The van der Waals surface area contributed by atoms with E-state index in [-0.39, 0.29) is 0 Å². The van der Waals surface area contributed by atoms with Crippen LogP contribution in [0.3, 0.4) is 0 Å². The maximum absolute atomic E-state index is 5.01. The van der Waals surface area contributed by atoms with Gasteiger partial charge in [0.15, 0.2) is 5.82 Å². The lowest BCUT2D eigenvalue weighted by molar-refractivity contribution is 0.635. The van der Waals surface area contributed by atoms with Gasteiger partial charge >= 0.3 is 0 Å². The number of thioether (sulfide) groups is 1. The van der Waals surface area contributed by atoms with Crippen molar-refractivity contribution in [3.8, 4) is 11.4 Å². The first kappa shape index (κ1) is 14.9. The molecule has 0 radical (unpaired) electrons. The molecule has 0 spiro atoms. The molecule has 1 aliphatic heterocycles. The molecule has 1 fully saturated rings. The standard InChI is InChI=1S/C18H22N4S/c1-13-7-11-23-12-10-22(13)18-15-3-2-4-16(15)20-17(21-18)14-5-8-19-9-6-14/h5-6,8-9,13H,2-4,7,10-12H2,1H3. The number of anilines is 1. The predicted molar refractivity (Wildman–Crippen MR) is 96.0 cm³/mol. The van der Waals surface area contributed by atoms with E-state index in [1.165, 1.54) is 41.4 Å². The molecule has 2 aromatic heterocycles. The second kappa shape index (κ2) is 6.48. The first-order valence-corrected chi connectivity index (χ1v) is 9.63. The van der Waals surface area contributed by atoms with Crippen molar-refractivity contribution in [2.45, 2.75) is 38.6 Å². The van der Waals surface area contributed by atoms with E-state index in [2.05, 4.69) is 28.6 Å². The van der Waals surface area contributed by atoms with Gasteiger partial charge in [-0.25, -0.2) is 9.97 Å². The van der Waals surface area contributed by atoms with Crippen LogP contribution in [-0.2, 0) is 12.8 Å². The van der Waals surface area contributed by atoms with Crippen LogP contribution in [-0.4, -0.2) is 39.0 Å². The summed E-state index contributed by atoms with van der Waals surface area (Å²) in [5, 5.41) is 0. The molecule has 23 heavy (non-hydrogen) atoms. The van der Waals surface area contributed by atoms with Crippen LogP contribution in [0, 0.1) is 0 Å². The normalized spacial score (nSPS) is 21.1. The van der Waals surface area contributed by atoms with Gasteiger partial charge in [-0.1, -0.05) is 0 Å². The summed E-state index contributed by atoms with van der Waals surface area (Å²) in [6.07, 6.45) is 8.27. The van der Waals surface area contributed by atoms with Crippen molar-refractivity contribution in [3.05, 3.63) is 35.8 Å². The van der Waals surface area contributed by atoms with E-state index in [9.17, 15) is 0 Å². The zero-order valence-corrected chi connectivity index (χ0v) is 14.4. The second-order valence-electron chi connectivity index (χ2n) is 6.33. The van der Waals surface area contributed by atoms with Crippen molar-refractivity contribution in [1.29, 1.82) is 0 Å². The van der Waals surface area contributed by atoms with E-state index in [0.717, 1.165) is 30.8 Å². The number of hydrogen-bond acceptors (Lipinski definition) is 5. The van der Waals surface area contributed by atoms with Gasteiger partial charge in [-0.15, -0.1) is 0 Å². The smallest absolute Gasteiger partial charge is 0.161 e. The van der Waals surface area contributed by atoms with Crippen molar-refractivity contribution in [3.63, 3.8) is 0 Å². The fourth-order valence-electron chi connectivity index (χ4n) is 3.49. The van der Waals surface area contributed by atoms with Crippen LogP contribution < -0.4 is 4.90 Å². The third-order valence-corrected chi connectivity index (χ3v) is 5.81. The van der Waals surface area contributed by atoms with E-state index in [1.807, 2.05) is 24.5 Å². The molecule has 0 amide bonds. The van der Waals surface area contributed by atoms with Crippen LogP contribution >= 0.6 is 11.8 Å². The average Bonchev–Trinajstić information content (AvgIpc) is 2.96. The molecule has 0 bridgehead atoms. The zero-order chi connectivity index (χ0) is 15.6. The molecule has 2 aromatic rings. The number of aryl methyl sites for hydroxylation is 1. The minimum Gasteiger partial charge on any atom is -0.353 e. The Labute approximate surface area is 141 Å². The molecule has 1 saturated heterocycles. The van der Waals surface area contributed by atoms with Crippen molar-refractivity contribution in [2.75, 3.05) is 23.0 Å². The van der Waals surface area contributed by atoms with Crippen molar-refractivity contribution < 1.29 is 0 Å². The van der Waals surface area contributed by atoms with Crippen molar-refractivity contribution in [1.82, 2.24) is 15.0 Å². The predicted octanol–water partition coefficient (Wildman–Crippen LogP) is 3.36. The van der Waals surface area contributed by atoms with E-state index in [0.29, 0.717) is 6.04 Å². The Morgan fingerprint density at radius 1 is 1.13 bits per heavy atom. The number of fused-ring (bicyclic) bond motifs is 1. The van der Waals surface area contributed by atoms with E-state index >= 15 is 0 Å². The van der Waals surface area contributed by atoms with Crippen molar-refractivity contribution >= 4 is 17.6 Å². The maximum Gasteiger partial charge on any atom is 0.161 e. The van der Waals surface area contributed by atoms with Gasteiger partial charge in [0.25, 0.3) is 0 Å². The molecule has 1 unspecified atom stereocenters. The SMILES string of the molecule is CC1CCSCCN1c1nc(-c2ccncc2)nc2c1CCC2. The molecule has 5 heteroatoms. The molecule has 1 atom stereocenters. The Morgan fingerprint density at radius 3 is 2.87 bits per heavy atom. The molecule has 0 aromatic carbocycles. The lowest BCUT2D eigenvalue weighted by atomic mass is 10.1. The second-order valence-corrected chi connectivity index (χ2v) is 7.55. The summed E-state index contributed by atoms with van der Waals surface area (Å²) in [6.45, 7) is 3.42. The Kier molecular flexibility index (Phi) is 4.21. The van der Waals surface area contributed by atoms with Gasteiger partial charge in [0.05, 0.1) is 0 Å². The molecule has 4 nitrogen and oxygen atoms in total. The molecular formula is C18H22N4S. The first-order valence-electron chi connectivity index (χ1n) is 8.47. The highest BCUT2D eigenvalue weighted by Crippen LogP contribution is 2.33. The summed E-state index contributed by atoms with van der Waals surface area (Å²) in [6, 6.07) is 4.56. The third kappa shape index (κ3) is 2.94. The number of rotatable bonds is 2. The highest BCUT2D eigenvalue weighted by atomic mass is 32.2. The Balaban J connectivity index is 1.80. The van der Waals surface area contributed by atoms with Gasteiger partial charge in [0.1, 0.15) is 5.82 Å². The molecule has 2 aliphatic rings. The Morgan fingerprint density at radius 2 is 2.00 bits per heavy atom. The summed E-state index contributed by atoms with van der Waals surface area (Å²) in [7, 11) is 0. The minimum absolute atomic E-state index is 0.551. The molecule has 0 N–H and O–H groups in total. The summed E-state index contributed by atoms with van der Waals surface area (Å²) in [5.41, 5.74) is 3.71. The molecule has 3 heterocycles. The summed E-state index contributed by atoms with van der Waals surface area (Å²) >= 11 is 2.06. The van der Waals surface area contributed by atoms with E-state index in [1.54, 1.807) is 0 Å². The van der Waals surface area contributed by atoms with Crippen LogP contribution in [0.2, 0.25) is 0 Å². The van der Waals surface area contributed by atoms with Crippen LogP contribution in [0.15, 0.2) is 24.5 Å². The van der Waals surface area contributed by atoms with Gasteiger partial charge in [-0.3, -0.25) is 4.98 Å². The quantitative estimate of drug-likeness (QED) is 0.846. The monoisotopic (exact) mass is 326 g/mol. The molecule has 4 rings (SSSR count). The molecule has 120 valence electrons.